The molecule has 1 aliphatic heterocycles. The zero-order chi connectivity index (χ0) is 20.1. The van der Waals surface area contributed by atoms with Gasteiger partial charge in [0.2, 0.25) is 5.91 Å². The Morgan fingerprint density at radius 3 is 2.71 bits per heavy atom. The summed E-state index contributed by atoms with van der Waals surface area (Å²) in [6, 6.07) is 8.75. The highest BCUT2D eigenvalue weighted by Gasteiger charge is 2.17. The maximum atomic E-state index is 12.3. The van der Waals surface area contributed by atoms with E-state index >= 15 is 0 Å². The van der Waals surface area contributed by atoms with Crippen molar-refractivity contribution in [3.8, 4) is 23.0 Å². The van der Waals surface area contributed by atoms with Crippen molar-refractivity contribution in [3.05, 3.63) is 52.6 Å². The number of ether oxygens (including phenoxy) is 4. The first-order chi connectivity index (χ1) is 13.5. The number of fused-ring (bicyclic) bond motifs is 1. The van der Waals surface area contributed by atoms with Gasteiger partial charge >= 0.3 is 0 Å². The minimum atomic E-state index is -0.248. The normalized spacial score (nSPS) is 13.9. The van der Waals surface area contributed by atoms with Crippen molar-refractivity contribution in [1.82, 2.24) is 5.32 Å². The quantitative estimate of drug-likeness (QED) is 0.738. The summed E-state index contributed by atoms with van der Waals surface area (Å²) in [6.07, 6.45) is 3.13. The average molecular weight is 404 g/mol. The Morgan fingerprint density at radius 2 is 1.96 bits per heavy atom. The summed E-state index contributed by atoms with van der Waals surface area (Å²) in [5, 5.41) is 3.37. The lowest BCUT2D eigenvalue weighted by molar-refractivity contribution is -0.117. The van der Waals surface area contributed by atoms with Gasteiger partial charge in [0.25, 0.3) is 0 Å². The van der Waals surface area contributed by atoms with Crippen LogP contribution in [-0.2, 0) is 4.79 Å². The van der Waals surface area contributed by atoms with E-state index in [2.05, 4.69) is 5.32 Å². The minimum absolute atomic E-state index is 0.239. The standard InChI is InChI=1S/C21H22ClNO5/c1-13(16-6-5-15(25-2)12-18(16)26-3)23-20(24)7-4-14-10-17(22)21-19(11-14)27-8-9-28-21/h4-7,10-13H,8-9H2,1-3H3,(H,23,24)/b7-4+. The molecule has 0 aliphatic carbocycles. The number of benzene rings is 2. The van der Waals surface area contributed by atoms with Crippen molar-refractivity contribution in [1.29, 1.82) is 0 Å². The highest BCUT2D eigenvalue weighted by molar-refractivity contribution is 6.32. The van der Waals surface area contributed by atoms with Crippen LogP contribution in [0.2, 0.25) is 5.02 Å². The molecule has 2 aromatic carbocycles. The monoisotopic (exact) mass is 403 g/mol. The van der Waals surface area contributed by atoms with Gasteiger partial charge in [0, 0.05) is 17.7 Å². The topological polar surface area (TPSA) is 66.0 Å². The predicted molar refractivity (Wildman–Crippen MR) is 108 cm³/mol. The van der Waals surface area contributed by atoms with Gasteiger partial charge in [0.1, 0.15) is 24.7 Å². The number of hydrogen-bond donors (Lipinski definition) is 1. The molecule has 0 fully saturated rings. The Bertz CT molecular complexity index is 897. The fourth-order valence-electron chi connectivity index (χ4n) is 2.91. The largest absolute Gasteiger partial charge is 0.497 e. The molecule has 1 heterocycles. The molecule has 28 heavy (non-hydrogen) atoms. The van der Waals surface area contributed by atoms with Gasteiger partial charge in [-0.15, -0.1) is 0 Å². The predicted octanol–water partition coefficient (Wildman–Crippen LogP) is 4.02. The molecule has 2 aromatic rings. The third kappa shape index (κ3) is 4.51. The Kier molecular flexibility index (Phi) is 6.31. The number of halogens is 1. The summed E-state index contributed by atoms with van der Waals surface area (Å²) in [5.74, 6) is 2.21. The molecular weight excluding hydrogens is 382 g/mol. The van der Waals surface area contributed by atoms with Crippen molar-refractivity contribution in [3.63, 3.8) is 0 Å². The van der Waals surface area contributed by atoms with Crippen molar-refractivity contribution >= 4 is 23.6 Å². The van der Waals surface area contributed by atoms with Crippen LogP contribution in [0.15, 0.2) is 36.4 Å². The summed E-state index contributed by atoms with van der Waals surface area (Å²) >= 11 is 6.22. The molecule has 0 bridgehead atoms. The summed E-state index contributed by atoms with van der Waals surface area (Å²) < 4.78 is 21.6. The van der Waals surface area contributed by atoms with E-state index in [0.29, 0.717) is 41.2 Å². The zero-order valence-electron chi connectivity index (χ0n) is 16.0. The number of rotatable bonds is 6. The van der Waals surface area contributed by atoms with Crippen LogP contribution in [-0.4, -0.2) is 33.3 Å². The molecule has 0 saturated carbocycles. The lowest BCUT2D eigenvalue weighted by Gasteiger charge is -2.19. The maximum absolute atomic E-state index is 12.3. The minimum Gasteiger partial charge on any atom is -0.497 e. The number of hydrogen-bond acceptors (Lipinski definition) is 5. The van der Waals surface area contributed by atoms with Crippen molar-refractivity contribution in [2.75, 3.05) is 27.4 Å². The summed E-state index contributed by atoms with van der Waals surface area (Å²) in [5.41, 5.74) is 1.60. The highest BCUT2D eigenvalue weighted by atomic mass is 35.5. The van der Waals surface area contributed by atoms with Crippen LogP contribution in [0.5, 0.6) is 23.0 Å². The van der Waals surface area contributed by atoms with Crippen molar-refractivity contribution in [2.24, 2.45) is 0 Å². The number of carbonyl (C=O) groups is 1. The first-order valence-corrected chi connectivity index (χ1v) is 9.19. The third-order valence-corrected chi connectivity index (χ3v) is 4.59. The molecule has 0 aromatic heterocycles. The molecule has 0 saturated heterocycles. The second-order valence-electron chi connectivity index (χ2n) is 6.20. The van der Waals surface area contributed by atoms with Gasteiger partial charge in [-0.25, -0.2) is 0 Å². The fraction of sp³-hybridized carbons (Fsp3) is 0.286. The van der Waals surface area contributed by atoms with Crippen LogP contribution in [0.1, 0.15) is 24.1 Å². The van der Waals surface area contributed by atoms with Crippen molar-refractivity contribution < 1.29 is 23.7 Å². The van der Waals surface area contributed by atoms with Crippen LogP contribution in [0.4, 0.5) is 0 Å². The Labute approximate surface area is 169 Å². The van der Waals surface area contributed by atoms with Crippen molar-refractivity contribution in [2.45, 2.75) is 13.0 Å². The second kappa shape index (κ2) is 8.89. The first kappa shape index (κ1) is 19.9. The fourth-order valence-corrected chi connectivity index (χ4v) is 3.19. The Morgan fingerprint density at radius 1 is 1.18 bits per heavy atom. The molecule has 7 heteroatoms. The van der Waals surface area contributed by atoms with E-state index in [1.807, 2.05) is 19.1 Å². The van der Waals surface area contributed by atoms with Crippen LogP contribution in [0, 0.1) is 0 Å². The van der Waals surface area contributed by atoms with E-state index in [1.54, 1.807) is 38.5 Å². The molecule has 1 atom stereocenters. The molecular formula is C21H22ClNO5. The SMILES string of the molecule is COc1ccc(C(C)NC(=O)/C=C/c2cc(Cl)c3c(c2)OCCO3)c(OC)c1. The molecule has 148 valence electrons. The summed E-state index contributed by atoms with van der Waals surface area (Å²) in [4.78, 5) is 12.3. The Balaban J connectivity index is 1.69. The van der Waals surface area contributed by atoms with Crippen LogP contribution >= 0.6 is 11.6 Å². The van der Waals surface area contributed by atoms with E-state index in [0.717, 1.165) is 11.1 Å². The molecule has 1 aliphatic rings. The van der Waals surface area contributed by atoms with Gasteiger partial charge < -0.3 is 24.3 Å². The molecule has 1 amide bonds. The maximum Gasteiger partial charge on any atom is 0.244 e. The van der Waals surface area contributed by atoms with Crippen LogP contribution in [0.3, 0.4) is 0 Å². The molecule has 0 radical (unpaired) electrons. The summed E-state index contributed by atoms with van der Waals surface area (Å²) in [6.45, 7) is 2.83. The number of carbonyl (C=O) groups excluding carboxylic acids is 1. The van der Waals surface area contributed by atoms with Crippen LogP contribution < -0.4 is 24.3 Å². The van der Waals surface area contributed by atoms with Gasteiger partial charge in [-0.2, -0.15) is 0 Å². The van der Waals surface area contributed by atoms with Gasteiger partial charge in [0.15, 0.2) is 11.5 Å². The van der Waals surface area contributed by atoms with E-state index in [4.69, 9.17) is 30.5 Å². The molecule has 6 nitrogen and oxygen atoms in total. The first-order valence-electron chi connectivity index (χ1n) is 8.81. The molecule has 3 rings (SSSR count). The number of amides is 1. The van der Waals surface area contributed by atoms with Crippen LogP contribution in [0.25, 0.3) is 6.08 Å². The Hall–Kier alpha value is -2.86. The van der Waals surface area contributed by atoms with Gasteiger partial charge in [-0.05, 0) is 42.8 Å². The van der Waals surface area contributed by atoms with Gasteiger partial charge in [-0.1, -0.05) is 11.6 Å². The molecule has 0 spiro atoms. The lowest BCUT2D eigenvalue weighted by atomic mass is 10.1. The van der Waals surface area contributed by atoms with E-state index < -0.39 is 0 Å². The van der Waals surface area contributed by atoms with E-state index in [1.165, 1.54) is 6.08 Å². The molecule has 1 N–H and O–H groups in total. The average Bonchev–Trinajstić information content (AvgIpc) is 2.71. The number of nitrogens with one attached hydrogen (secondary N) is 1. The highest BCUT2D eigenvalue weighted by Crippen LogP contribution is 2.38. The second-order valence-corrected chi connectivity index (χ2v) is 6.61. The van der Waals surface area contributed by atoms with E-state index in [-0.39, 0.29) is 11.9 Å². The zero-order valence-corrected chi connectivity index (χ0v) is 16.7. The van der Waals surface area contributed by atoms with E-state index in [9.17, 15) is 4.79 Å². The summed E-state index contributed by atoms with van der Waals surface area (Å²) in [7, 11) is 3.17. The lowest BCUT2D eigenvalue weighted by Crippen LogP contribution is -2.25. The third-order valence-electron chi connectivity index (χ3n) is 4.31. The van der Waals surface area contributed by atoms with Gasteiger partial charge in [0.05, 0.1) is 25.3 Å². The molecule has 1 unspecified atom stereocenters. The van der Waals surface area contributed by atoms with Gasteiger partial charge in [-0.3, -0.25) is 4.79 Å². The number of methoxy groups -OCH3 is 2. The smallest absolute Gasteiger partial charge is 0.244 e.